The van der Waals surface area contributed by atoms with E-state index in [1.54, 1.807) is 10.7 Å². The Morgan fingerprint density at radius 3 is 3.00 bits per heavy atom. The minimum absolute atomic E-state index is 0.122. The summed E-state index contributed by atoms with van der Waals surface area (Å²) in [6.07, 6.45) is -0.469. The van der Waals surface area contributed by atoms with Crippen molar-refractivity contribution in [2.24, 2.45) is 0 Å². The standard InChI is InChI=1S/C9H13FN2O/c1-9(2)4-7(10)8-3-6(5-13)11-12(8)9/h3,7,13H,4-5H2,1-2H3. The average Bonchev–Trinajstić information content (AvgIpc) is 2.53. The van der Waals surface area contributed by atoms with Crippen molar-refractivity contribution in [1.29, 1.82) is 0 Å². The second kappa shape index (κ2) is 2.54. The molecule has 0 radical (unpaired) electrons. The van der Waals surface area contributed by atoms with E-state index in [0.29, 0.717) is 17.8 Å². The summed E-state index contributed by atoms with van der Waals surface area (Å²) in [6.45, 7) is 3.78. The monoisotopic (exact) mass is 184 g/mol. The molecule has 0 spiro atoms. The van der Waals surface area contributed by atoms with E-state index >= 15 is 0 Å². The van der Waals surface area contributed by atoms with E-state index in [2.05, 4.69) is 5.10 Å². The largest absolute Gasteiger partial charge is 0.390 e. The van der Waals surface area contributed by atoms with Crippen LogP contribution in [0.25, 0.3) is 0 Å². The number of rotatable bonds is 1. The number of aliphatic hydroxyl groups excluding tert-OH is 1. The van der Waals surface area contributed by atoms with Crippen LogP contribution in [-0.2, 0) is 12.1 Å². The van der Waals surface area contributed by atoms with Crippen LogP contribution in [0.15, 0.2) is 6.07 Å². The number of alkyl halides is 1. The minimum atomic E-state index is -0.942. The molecule has 1 aliphatic rings. The van der Waals surface area contributed by atoms with E-state index in [9.17, 15) is 4.39 Å². The van der Waals surface area contributed by atoms with Crippen molar-refractivity contribution >= 4 is 0 Å². The zero-order valence-corrected chi connectivity index (χ0v) is 7.79. The summed E-state index contributed by atoms with van der Waals surface area (Å²) in [5.41, 5.74) is 0.877. The number of nitrogens with zero attached hydrogens (tertiary/aromatic N) is 2. The van der Waals surface area contributed by atoms with Gasteiger partial charge in [-0.25, -0.2) is 4.39 Å². The Morgan fingerprint density at radius 1 is 1.77 bits per heavy atom. The normalized spacial score (nSPS) is 24.8. The van der Waals surface area contributed by atoms with Gasteiger partial charge in [-0.05, 0) is 19.9 Å². The van der Waals surface area contributed by atoms with Crippen molar-refractivity contribution < 1.29 is 9.50 Å². The van der Waals surface area contributed by atoms with Crippen LogP contribution in [0.1, 0.15) is 37.8 Å². The fourth-order valence-electron chi connectivity index (χ4n) is 1.86. The lowest BCUT2D eigenvalue weighted by Gasteiger charge is -2.18. The van der Waals surface area contributed by atoms with Gasteiger partial charge in [0, 0.05) is 6.42 Å². The molecule has 0 fully saturated rings. The Hall–Kier alpha value is -0.900. The molecule has 3 nitrogen and oxygen atoms in total. The number of halogens is 1. The molecule has 1 aromatic rings. The van der Waals surface area contributed by atoms with E-state index in [1.165, 1.54) is 0 Å². The van der Waals surface area contributed by atoms with Gasteiger partial charge in [0.15, 0.2) is 0 Å². The molecule has 1 aromatic heterocycles. The molecule has 1 atom stereocenters. The van der Waals surface area contributed by atoms with Crippen LogP contribution in [0, 0.1) is 0 Å². The summed E-state index contributed by atoms with van der Waals surface area (Å²) in [5.74, 6) is 0. The lowest BCUT2D eigenvalue weighted by atomic mass is 10.0. The first-order chi connectivity index (χ1) is 6.04. The molecule has 2 rings (SSSR count). The number of aliphatic hydroxyl groups is 1. The Bertz CT molecular complexity index is 332. The first-order valence-electron chi connectivity index (χ1n) is 4.39. The zero-order chi connectivity index (χ0) is 9.64. The smallest absolute Gasteiger partial charge is 0.144 e. The van der Waals surface area contributed by atoms with Crippen LogP contribution in [0.2, 0.25) is 0 Å². The molecule has 0 amide bonds. The highest BCUT2D eigenvalue weighted by Gasteiger charge is 2.38. The molecule has 0 aromatic carbocycles. The molecule has 4 heteroatoms. The van der Waals surface area contributed by atoms with Gasteiger partial charge in [-0.2, -0.15) is 5.10 Å². The molecule has 0 bridgehead atoms. The van der Waals surface area contributed by atoms with Crippen LogP contribution in [0.4, 0.5) is 4.39 Å². The molecule has 0 saturated heterocycles. The maximum Gasteiger partial charge on any atom is 0.144 e. The predicted octanol–water partition coefficient (Wildman–Crippen LogP) is 1.52. The van der Waals surface area contributed by atoms with Crippen LogP contribution < -0.4 is 0 Å². The first-order valence-corrected chi connectivity index (χ1v) is 4.39. The second-order valence-corrected chi connectivity index (χ2v) is 4.11. The summed E-state index contributed by atoms with van der Waals surface area (Å²) >= 11 is 0. The van der Waals surface area contributed by atoms with Crippen molar-refractivity contribution in [3.8, 4) is 0 Å². The minimum Gasteiger partial charge on any atom is -0.390 e. The van der Waals surface area contributed by atoms with Crippen molar-refractivity contribution in [1.82, 2.24) is 9.78 Å². The van der Waals surface area contributed by atoms with Crippen molar-refractivity contribution in [3.63, 3.8) is 0 Å². The number of fused-ring (bicyclic) bond motifs is 1. The molecule has 0 aliphatic carbocycles. The SMILES string of the molecule is CC1(C)CC(F)c2cc(CO)nn21. The molecule has 1 aliphatic heterocycles. The predicted molar refractivity (Wildman–Crippen MR) is 45.9 cm³/mol. The van der Waals surface area contributed by atoms with Gasteiger partial charge in [-0.1, -0.05) is 0 Å². The molecule has 72 valence electrons. The number of hydrogen-bond acceptors (Lipinski definition) is 2. The van der Waals surface area contributed by atoms with Crippen molar-refractivity contribution in [3.05, 3.63) is 17.5 Å². The Kier molecular flexibility index (Phi) is 1.70. The summed E-state index contributed by atoms with van der Waals surface area (Å²) < 4.78 is 15.1. The third-order valence-electron chi connectivity index (χ3n) is 2.52. The summed E-state index contributed by atoms with van der Waals surface area (Å²) in [5, 5.41) is 13.0. The Balaban J connectivity index is 2.49. The highest BCUT2D eigenvalue weighted by molar-refractivity contribution is 5.19. The third kappa shape index (κ3) is 1.16. The third-order valence-corrected chi connectivity index (χ3v) is 2.52. The topological polar surface area (TPSA) is 38.1 Å². The fraction of sp³-hybridized carbons (Fsp3) is 0.667. The van der Waals surface area contributed by atoms with E-state index in [-0.39, 0.29) is 12.1 Å². The highest BCUT2D eigenvalue weighted by Crippen LogP contribution is 2.40. The molecule has 1 N–H and O–H groups in total. The number of hydrogen-bond donors (Lipinski definition) is 1. The Morgan fingerprint density at radius 2 is 2.46 bits per heavy atom. The van der Waals surface area contributed by atoms with E-state index in [0.717, 1.165) is 0 Å². The van der Waals surface area contributed by atoms with E-state index in [4.69, 9.17) is 5.11 Å². The van der Waals surface area contributed by atoms with Crippen molar-refractivity contribution in [2.75, 3.05) is 0 Å². The van der Waals surface area contributed by atoms with Gasteiger partial charge in [0.2, 0.25) is 0 Å². The molecular weight excluding hydrogens is 171 g/mol. The van der Waals surface area contributed by atoms with Gasteiger partial charge in [0.05, 0.1) is 23.5 Å². The van der Waals surface area contributed by atoms with Crippen LogP contribution >= 0.6 is 0 Å². The second-order valence-electron chi connectivity index (χ2n) is 4.11. The van der Waals surface area contributed by atoms with Gasteiger partial charge < -0.3 is 5.11 Å². The first kappa shape index (κ1) is 8.69. The lowest BCUT2D eigenvalue weighted by Crippen LogP contribution is -2.22. The lowest BCUT2D eigenvalue weighted by molar-refractivity contribution is 0.254. The maximum absolute atomic E-state index is 13.4. The highest BCUT2D eigenvalue weighted by atomic mass is 19.1. The molecule has 13 heavy (non-hydrogen) atoms. The average molecular weight is 184 g/mol. The van der Waals surface area contributed by atoms with Gasteiger partial charge in [0.1, 0.15) is 6.17 Å². The van der Waals surface area contributed by atoms with E-state index in [1.807, 2.05) is 13.8 Å². The number of aromatic nitrogens is 2. The quantitative estimate of drug-likeness (QED) is 0.718. The summed E-state index contributed by atoms with van der Waals surface area (Å²) in [4.78, 5) is 0. The maximum atomic E-state index is 13.4. The van der Waals surface area contributed by atoms with Crippen LogP contribution in [0.3, 0.4) is 0 Å². The van der Waals surface area contributed by atoms with Gasteiger partial charge in [-0.15, -0.1) is 0 Å². The van der Waals surface area contributed by atoms with Crippen molar-refractivity contribution in [2.45, 2.75) is 38.6 Å². The Labute approximate surface area is 76.2 Å². The fourth-order valence-corrected chi connectivity index (χ4v) is 1.86. The zero-order valence-electron chi connectivity index (χ0n) is 7.79. The molecule has 2 heterocycles. The summed E-state index contributed by atoms with van der Waals surface area (Å²) in [6, 6.07) is 1.64. The van der Waals surface area contributed by atoms with Gasteiger partial charge in [0.25, 0.3) is 0 Å². The molecular formula is C9H13FN2O. The van der Waals surface area contributed by atoms with Crippen LogP contribution in [0.5, 0.6) is 0 Å². The summed E-state index contributed by atoms with van der Waals surface area (Å²) in [7, 11) is 0. The molecule has 0 saturated carbocycles. The van der Waals surface area contributed by atoms with Gasteiger partial charge >= 0.3 is 0 Å². The van der Waals surface area contributed by atoms with Crippen LogP contribution in [-0.4, -0.2) is 14.9 Å². The molecule has 1 unspecified atom stereocenters. The van der Waals surface area contributed by atoms with Gasteiger partial charge in [-0.3, -0.25) is 4.68 Å². The van der Waals surface area contributed by atoms with E-state index < -0.39 is 6.17 Å².